The molecule has 12 heavy (non-hydrogen) atoms. The molecule has 0 aliphatic rings. The molecule has 0 bridgehead atoms. The van der Waals surface area contributed by atoms with E-state index in [1.165, 1.54) is 0 Å². The van der Waals surface area contributed by atoms with E-state index in [0.29, 0.717) is 6.61 Å². The summed E-state index contributed by atoms with van der Waals surface area (Å²) in [5.41, 5.74) is 5.49. The molecule has 0 unspecified atom stereocenters. The third kappa shape index (κ3) is 9.88. The van der Waals surface area contributed by atoms with Crippen molar-refractivity contribution in [1.29, 1.82) is 0 Å². The summed E-state index contributed by atoms with van der Waals surface area (Å²) in [5, 5.41) is 8.49. The minimum Gasteiger partial charge on any atom is -0.396 e. The number of aliphatic hydroxyl groups is 1. The molecular formula is C9H21NO2. The lowest BCUT2D eigenvalue weighted by Gasteiger charge is -2.17. The highest BCUT2D eigenvalue weighted by Gasteiger charge is 2.09. The first kappa shape index (κ1) is 11.9. The molecule has 0 amide bonds. The van der Waals surface area contributed by atoms with Crippen molar-refractivity contribution in [1.82, 2.24) is 0 Å². The second kappa shape index (κ2) is 6.40. The molecule has 0 aliphatic carbocycles. The van der Waals surface area contributed by atoms with Gasteiger partial charge in [0.05, 0.1) is 6.61 Å². The van der Waals surface area contributed by atoms with Crippen molar-refractivity contribution >= 4 is 0 Å². The number of rotatable bonds is 7. The van der Waals surface area contributed by atoms with Gasteiger partial charge < -0.3 is 15.6 Å². The first-order valence-electron chi connectivity index (χ1n) is 4.54. The number of hydrogen-bond acceptors (Lipinski definition) is 3. The molecule has 0 heterocycles. The summed E-state index contributed by atoms with van der Waals surface area (Å²) < 4.78 is 5.34. The standard InChI is InChI=1S/C9H21NO2/c1-9(2,10)8-12-7-5-3-4-6-11/h11H,3-8,10H2,1-2H3. The average Bonchev–Trinajstić information content (AvgIpc) is 1.94. The van der Waals surface area contributed by atoms with Crippen molar-refractivity contribution < 1.29 is 9.84 Å². The van der Waals surface area contributed by atoms with Crippen LogP contribution in [0.4, 0.5) is 0 Å². The van der Waals surface area contributed by atoms with Crippen LogP contribution in [0.3, 0.4) is 0 Å². The molecule has 0 aliphatic heterocycles. The summed E-state index contributed by atoms with van der Waals surface area (Å²) in [6.45, 7) is 5.52. The monoisotopic (exact) mass is 175 g/mol. The zero-order chi connectivity index (χ0) is 9.45. The van der Waals surface area contributed by atoms with Gasteiger partial charge in [-0.3, -0.25) is 0 Å². The van der Waals surface area contributed by atoms with Crippen LogP contribution in [0.2, 0.25) is 0 Å². The van der Waals surface area contributed by atoms with E-state index in [1.807, 2.05) is 13.8 Å². The van der Waals surface area contributed by atoms with Crippen molar-refractivity contribution in [3.8, 4) is 0 Å². The molecule has 0 aromatic rings. The van der Waals surface area contributed by atoms with Crippen LogP contribution in [-0.2, 0) is 4.74 Å². The van der Waals surface area contributed by atoms with E-state index in [1.54, 1.807) is 0 Å². The molecule has 74 valence electrons. The fourth-order valence-electron chi connectivity index (χ4n) is 0.828. The summed E-state index contributed by atoms with van der Waals surface area (Å²) in [5.74, 6) is 0. The smallest absolute Gasteiger partial charge is 0.0640 e. The topological polar surface area (TPSA) is 55.5 Å². The Morgan fingerprint density at radius 1 is 1.25 bits per heavy atom. The molecule has 0 spiro atoms. The molecule has 0 saturated heterocycles. The lowest BCUT2D eigenvalue weighted by Crippen LogP contribution is -2.37. The van der Waals surface area contributed by atoms with Crippen LogP contribution in [-0.4, -0.2) is 30.5 Å². The van der Waals surface area contributed by atoms with Gasteiger partial charge in [-0.15, -0.1) is 0 Å². The fourth-order valence-corrected chi connectivity index (χ4v) is 0.828. The lowest BCUT2D eigenvalue weighted by atomic mass is 10.1. The van der Waals surface area contributed by atoms with Gasteiger partial charge in [-0.2, -0.15) is 0 Å². The maximum absolute atomic E-state index is 8.49. The number of unbranched alkanes of at least 4 members (excludes halogenated alkanes) is 2. The Morgan fingerprint density at radius 2 is 1.92 bits per heavy atom. The van der Waals surface area contributed by atoms with Crippen molar-refractivity contribution in [2.24, 2.45) is 5.73 Å². The lowest BCUT2D eigenvalue weighted by molar-refractivity contribution is 0.0932. The largest absolute Gasteiger partial charge is 0.396 e. The SMILES string of the molecule is CC(C)(N)COCCCCCO. The van der Waals surface area contributed by atoms with Crippen molar-refractivity contribution in [3.63, 3.8) is 0 Å². The molecular weight excluding hydrogens is 154 g/mol. The third-order valence-corrected chi connectivity index (χ3v) is 1.42. The van der Waals surface area contributed by atoms with Crippen LogP contribution in [0.5, 0.6) is 0 Å². The Morgan fingerprint density at radius 3 is 2.42 bits per heavy atom. The molecule has 0 fully saturated rings. The first-order chi connectivity index (χ1) is 5.56. The molecule has 0 saturated carbocycles. The van der Waals surface area contributed by atoms with Crippen molar-refractivity contribution in [2.45, 2.75) is 38.6 Å². The van der Waals surface area contributed by atoms with Gasteiger partial charge in [0, 0.05) is 18.8 Å². The molecule has 0 aromatic carbocycles. The van der Waals surface area contributed by atoms with Gasteiger partial charge in [-0.1, -0.05) is 0 Å². The molecule has 0 radical (unpaired) electrons. The van der Waals surface area contributed by atoms with Gasteiger partial charge in [0.15, 0.2) is 0 Å². The summed E-state index contributed by atoms with van der Waals surface area (Å²) >= 11 is 0. The van der Waals surface area contributed by atoms with Crippen LogP contribution < -0.4 is 5.73 Å². The van der Waals surface area contributed by atoms with Gasteiger partial charge in [0.2, 0.25) is 0 Å². The Balaban J connectivity index is 3.01. The van der Waals surface area contributed by atoms with Crippen molar-refractivity contribution in [2.75, 3.05) is 19.8 Å². The van der Waals surface area contributed by atoms with E-state index in [2.05, 4.69) is 0 Å². The minimum atomic E-state index is -0.225. The Bertz CT molecular complexity index is 99.2. The third-order valence-electron chi connectivity index (χ3n) is 1.42. The highest BCUT2D eigenvalue weighted by molar-refractivity contribution is 4.69. The van der Waals surface area contributed by atoms with E-state index in [-0.39, 0.29) is 12.1 Å². The van der Waals surface area contributed by atoms with E-state index in [9.17, 15) is 0 Å². The zero-order valence-corrected chi connectivity index (χ0v) is 8.18. The van der Waals surface area contributed by atoms with Gasteiger partial charge in [0.25, 0.3) is 0 Å². The van der Waals surface area contributed by atoms with Crippen LogP contribution in [0, 0.1) is 0 Å². The van der Waals surface area contributed by atoms with Gasteiger partial charge >= 0.3 is 0 Å². The fraction of sp³-hybridized carbons (Fsp3) is 1.00. The molecule has 0 rings (SSSR count). The molecule has 0 aromatic heterocycles. The molecule has 3 nitrogen and oxygen atoms in total. The normalized spacial score (nSPS) is 12.0. The van der Waals surface area contributed by atoms with Crippen LogP contribution in [0.1, 0.15) is 33.1 Å². The van der Waals surface area contributed by atoms with Crippen LogP contribution in [0.25, 0.3) is 0 Å². The number of ether oxygens (including phenoxy) is 1. The van der Waals surface area contributed by atoms with Crippen molar-refractivity contribution in [3.05, 3.63) is 0 Å². The molecule has 0 atom stereocenters. The highest BCUT2D eigenvalue weighted by atomic mass is 16.5. The number of aliphatic hydroxyl groups excluding tert-OH is 1. The Labute approximate surface area is 74.9 Å². The average molecular weight is 175 g/mol. The molecule has 3 N–H and O–H groups in total. The van der Waals surface area contributed by atoms with Crippen LogP contribution >= 0.6 is 0 Å². The second-order valence-corrected chi connectivity index (χ2v) is 3.83. The summed E-state index contributed by atoms with van der Waals surface area (Å²) in [6, 6.07) is 0. The summed E-state index contributed by atoms with van der Waals surface area (Å²) in [6.07, 6.45) is 2.91. The Hall–Kier alpha value is -0.120. The molecule has 3 heteroatoms. The number of hydrogen-bond donors (Lipinski definition) is 2. The van der Waals surface area contributed by atoms with Gasteiger partial charge in [-0.05, 0) is 33.1 Å². The van der Waals surface area contributed by atoms with E-state index in [4.69, 9.17) is 15.6 Å². The highest BCUT2D eigenvalue weighted by Crippen LogP contribution is 1.99. The second-order valence-electron chi connectivity index (χ2n) is 3.83. The maximum atomic E-state index is 8.49. The van der Waals surface area contributed by atoms with Gasteiger partial charge in [0.1, 0.15) is 0 Å². The van der Waals surface area contributed by atoms with E-state index >= 15 is 0 Å². The van der Waals surface area contributed by atoms with Gasteiger partial charge in [-0.25, -0.2) is 0 Å². The zero-order valence-electron chi connectivity index (χ0n) is 8.18. The Kier molecular flexibility index (Phi) is 6.34. The van der Waals surface area contributed by atoms with E-state index < -0.39 is 0 Å². The number of nitrogens with two attached hydrogens (primary N) is 1. The summed E-state index contributed by atoms with van der Waals surface area (Å²) in [4.78, 5) is 0. The quantitative estimate of drug-likeness (QED) is 0.565. The summed E-state index contributed by atoms with van der Waals surface area (Å²) in [7, 11) is 0. The first-order valence-corrected chi connectivity index (χ1v) is 4.54. The predicted octanol–water partition coefficient (Wildman–Crippen LogP) is 0.903. The maximum Gasteiger partial charge on any atom is 0.0640 e. The van der Waals surface area contributed by atoms with E-state index in [0.717, 1.165) is 25.9 Å². The predicted molar refractivity (Wildman–Crippen MR) is 50.0 cm³/mol. The van der Waals surface area contributed by atoms with Crippen LogP contribution in [0.15, 0.2) is 0 Å². The minimum absolute atomic E-state index is 0.225.